The highest BCUT2D eigenvalue weighted by molar-refractivity contribution is 5.80. The molecular weight excluding hydrogens is 342 g/mol. The first kappa shape index (κ1) is 19.0. The molecule has 0 spiro atoms. The van der Waals surface area contributed by atoms with E-state index < -0.39 is 11.9 Å². The summed E-state index contributed by atoms with van der Waals surface area (Å²) in [4.78, 5) is 23.4. The SMILES string of the molecule is O=C(O)C1CCCC(C(=O)NCCOc2ccccc2-c2ccccc2)C1. The summed E-state index contributed by atoms with van der Waals surface area (Å²) in [5, 5.41) is 12.0. The number of hydrogen-bond acceptors (Lipinski definition) is 3. The van der Waals surface area contributed by atoms with Crippen molar-refractivity contribution in [3.8, 4) is 16.9 Å². The van der Waals surface area contributed by atoms with Crippen LogP contribution in [-0.2, 0) is 9.59 Å². The Morgan fingerprint density at radius 2 is 1.70 bits per heavy atom. The Kier molecular flexibility index (Phi) is 6.47. The third kappa shape index (κ3) is 5.09. The van der Waals surface area contributed by atoms with Crippen LogP contribution in [0.4, 0.5) is 0 Å². The Labute approximate surface area is 159 Å². The molecule has 5 heteroatoms. The van der Waals surface area contributed by atoms with E-state index in [1.54, 1.807) is 0 Å². The van der Waals surface area contributed by atoms with Crippen LogP contribution in [0.25, 0.3) is 11.1 Å². The largest absolute Gasteiger partial charge is 0.491 e. The zero-order valence-electron chi connectivity index (χ0n) is 15.3. The van der Waals surface area contributed by atoms with Gasteiger partial charge in [-0.05, 0) is 30.9 Å². The molecule has 2 atom stereocenters. The van der Waals surface area contributed by atoms with Crippen molar-refractivity contribution in [2.45, 2.75) is 25.7 Å². The van der Waals surface area contributed by atoms with Crippen LogP contribution >= 0.6 is 0 Å². The highest BCUT2D eigenvalue weighted by Gasteiger charge is 2.30. The standard InChI is InChI=1S/C22H25NO4/c24-21(17-9-6-10-18(15-17)22(25)26)23-13-14-27-20-12-5-4-11-19(20)16-7-2-1-3-8-16/h1-5,7-8,11-12,17-18H,6,9-10,13-15H2,(H,23,24)(H,25,26). The third-order valence-corrected chi connectivity index (χ3v) is 5.02. The molecule has 1 saturated carbocycles. The summed E-state index contributed by atoms with van der Waals surface area (Å²) < 4.78 is 5.88. The quantitative estimate of drug-likeness (QED) is 0.731. The van der Waals surface area contributed by atoms with E-state index in [1.165, 1.54) is 0 Å². The number of para-hydroxylation sites is 1. The fraction of sp³-hybridized carbons (Fsp3) is 0.364. The summed E-state index contributed by atoms with van der Waals surface area (Å²) in [7, 11) is 0. The van der Waals surface area contributed by atoms with E-state index in [-0.39, 0.29) is 11.8 Å². The molecule has 0 saturated heterocycles. The minimum Gasteiger partial charge on any atom is -0.491 e. The number of carboxylic acid groups (broad SMARTS) is 1. The summed E-state index contributed by atoms with van der Waals surface area (Å²) >= 11 is 0. The molecule has 0 radical (unpaired) electrons. The van der Waals surface area contributed by atoms with Gasteiger partial charge < -0.3 is 15.2 Å². The van der Waals surface area contributed by atoms with Crippen LogP contribution in [0.5, 0.6) is 5.75 Å². The Balaban J connectivity index is 1.50. The Bertz CT molecular complexity index is 775. The van der Waals surface area contributed by atoms with Gasteiger partial charge in [0.15, 0.2) is 0 Å². The second-order valence-corrected chi connectivity index (χ2v) is 6.90. The molecule has 1 amide bonds. The fourth-order valence-corrected chi connectivity index (χ4v) is 3.58. The molecular formula is C22H25NO4. The average Bonchev–Trinajstić information content (AvgIpc) is 2.72. The topological polar surface area (TPSA) is 75.6 Å². The first-order valence-electron chi connectivity index (χ1n) is 9.43. The van der Waals surface area contributed by atoms with Crippen LogP contribution in [0.2, 0.25) is 0 Å². The average molecular weight is 367 g/mol. The van der Waals surface area contributed by atoms with Crippen molar-refractivity contribution in [3.05, 3.63) is 54.6 Å². The number of hydrogen-bond donors (Lipinski definition) is 2. The van der Waals surface area contributed by atoms with Gasteiger partial charge in [-0.1, -0.05) is 55.0 Å². The van der Waals surface area contributed by atoms with Crippen LogP contribution < -0.4 is 10.1 Å². The second-order valence-electron chi connectivity index (χ2n) is 6.90. The zero-order valence-corrected chi connectivity index (χ0v) is 15.3. The van der Waals surface area contributed by atoms with Gasteiger partial charge in [0.05, 0.1) is 12.5 Å². The molecule has 0 heterocycles. The molecule has 1 fully saturated rings. The van der Waals surface area contributed by atoms with E-state index >= 15 is 0 Å². The van der Waals surface area contributed by atoms with Gasteiger partial charge in [-0.15, -0.1) is 0 Å². The number of benzene rings is 2. The lowest BCUT2D eigenvalue weighted by Gasteiger charge is -2.25. The maximum Gasteiger partial charge on any atom is 0.306 e. The summed E-state index contributed by atoms with van der Waals surface area (Å²) in [5.74, 6) is -0.698. The van der Waals surface area contributed by atoms with Gasteiger partial charge in [0.1, 0.15) is 12.4 Å². The van der Waals surface area contributed by atoms with Crippen molar-refractivity contribution < 1.29 is 19.4 Å². The number of aliphatic carboxylic acids is 1. The first-order valence-corrected chi connectivity index (χ1v) is 9.43. The maximum absolute atomic E-state index is 12.3. The number of amides is 1. The molecule has 1 aliphatic rings. The van der Waals surface area contributed by atoms with E-state index in [9.17, 15) is 9.59 Å². The molecule has 1 aliphatic carbocycles. The van der Waals surface area contributed by atoms with Crippen LogP contribution in [0, 0.1) is 11.8 Å². The minimum absolute atomic E-state index is 0.0686. The highest BCUT2D eigenvalue weighted by Crippen LogP contribution is 2.30. The molecule has 2 aromatic carbocycles. The molecule has 0 aromatic heterocycles. The van der Waals surface area contributed by atoms with Gasteiger partial charge in [0, 0.05) is 11.5 Å². The van der Waals surface area contributed by atoms with Gasteiger partial charge in [0.25, 0.3) is 0 Å². The normalized spacial score (nSPS) is 19.3. The molecule has 2 aromatic rings. The molecule has 5 nitrogen and oxygen atoms in total. The number of nitrogens with one attached hydrogen (secondary N) is 1. The van der Waals surface area contributed by atoms with Gasteiger partial charge in [0.2, 0.25) is 5.91 Å². The molecule has 0 bridgehead atoms. The number of carbonyl (C=O) groups excluding carboxylic acids is 1. The summed E-state index contributed by atoms with van der Waals surface area (Å²) in [5.41, 5.74) is 2.10. The Morgan fingerprint density at radius 1 is 1.00 bits per heavy atom. The van der Waals surface area contributed by atoms with Crippen molar-refractivity contribution in [1.82, 2.24) is 5.32 Å². The van der Waals surface area contributed by atoms with Crippen molar-refractivity contribution in [3.63, 3.8) is 0 Å². The molecule has 2 unspecified atom stereocenters. The predicted molar refractivity (Wildman–Crippen MR) is 103 cm³/mol. The summed E-state index contributed by atoms with van der Waals surface area (Å²) in [6, 6.07) is 17.8. The number of carboxylic acids is 1. The van der Waals surface area contributed by atoms with Gasteiger partial charge in [-0.25, -0.2) is 0 Å². The smallest absolute Gasteiger partial charge is 0.306 e. The molecule has 2 N–H and O–H groups in total. The summed E-state index contributed by atoms with van der Waals surface area (Å²) in [6.07, 6.45) is 2.64. The Hall–Kier alpha value is -2.82. The number of rotatable bonds is 7. The zero-order chi connectivity index (χ0) is 19.1. The molecule has 3 rings (SSSR count). The van der Waals surface area contributed by atoms with Gasteiger partial charge >= 0.3 is 5.97 Å². The number of ether oxygens (including phenoxy) is 1. The van der Waals surface area contributed by atoms with Gasteiger partial charge in [-0.3, -0.25) is 9.59 Å². The van der Waals surface area contributed by atoms with Crippen LogP contribution in [-0.4, -0.2) is 30.1 Å². The maximum atomic E-state index is 12.3. The first-order chi connectivity index (χ1) is 13.1. The second kappa shape index (κ2) is 9.21. The van der Waals surface area contributed by atoms with E-state index in [1.807, 2.05) is 54.6 Å². The van der Waals surface area contributed by atoms with E-state index in [4.69, 9.17) is 9.84 Å². The van der Waals surface area contributed by atoms with Crippen LogP contribution in [0.3, 0.4) is 0 Å². The monoisotopic (exact) mass is 367 g/mol. The van der Waals surface area contributed by atoms with E-state index in [0.717, 1.165) is 29.7 Å². The number of carbonyl (C=O) groups is 2. The lowest BCUT2D eigenvalue weighted by Crippen LogP contribution is -2.37. The lowest BCUT2D eigenvalue weighted by molar-refractivity contribution is -0.144. The molecule has 0 aliphatic heterocycles. The van der Waals surface area contributed by atoms with E-state index in [0.29, 0.717) is 26.0 Å². The fourth-order valence-electron chi connectivity index (χ4n) is 3.58. The Morgan fingerprint density at radius 3 is 2.48 bits per heavy atom. The van der Waals surface area contributed by atoms with Crippen LogP contribution in [0.15, 0.2) is 54.6 Å². The van der Waals surface area contributed by atoms with Crippen molar-refractivity contribution in [2.75, 3.05) is 13.2 Å². The predicted octanol–water partition coefficient (Wildman–Crippen LogP) is 3.74. The van der Waals surface area contributed by atoms with Crippen molar-refractivity contribution in [2.24, 2.45) is 11.8 Å². The molecule has 27 heavy (non-hydrogen) atoms. The third-order valence-electron chi connectivity index (χ3n) is 5.02. The molecule has 142 valence electrons. The highest BCUT2D eigenvalue weighted by atomic mass is 16.5. The van der Waals surface area contributed by atoms with E-state index in [2.05, 4.69) is 5.32 Å². The van der Waals surface area contributed by atoms with Crippen LogP contribution in [0.1, 0.15) is 25.7 Å². The minimum atomic E-state index is -0.798. The lowest BCUT2D eigenvalue weighted by atomic mass is 9.81. The van der Waals surface area contributed by atoms with Crippen molar-refractivity contribution >= 4 is 11.9 Å². The van der Waals surface area contributed by atoms with Gasteiger partial charge in [-0.2, -0.15) is 0 Å². The summed E-state index contributed by atoms with van der Waals surface area (Å²) in [6.45, 7) is 0.765. The van der Waals surface area contributed by atoms with Crippen molar-refractivity contribution in [1.29, 1.82) is 0 Å².